The fourth-order valence-corrected chi connectivity index (χ4v) is 0.797. The van der Waals surface area contributed by atoms with Crippen LogP contribution in [-0.2, 0) is 6.54 Å². The van der Waals surface area contributed by atoms with E-state index in [4.69, 9.17) is 11.6 Å². The van der Waals surface area contributed by atoms with Gasteiger partial charge in [-0.1, -0.05) is 16.8 Å². The molecule has 58 valence electrons. The van der Waals surface area contributed by atoms with Gasteiger partial charge in [0.25, 0.3) is 0 Å². The summed E-state index contributed by atoms with van der Waals surface area (Å²) in [6, 6.07) is 0. The zero-order valence-electron chi connectivity index (χ0n) is 5.42. The lowest BCUT2D eigenvalue weighted by molar-refractivity contribution is 0.619. The average Bonchev–Trinajstić information content (AvgIpc) is 1.99. The van der Waals surface area contributed by atoms with Gasteiger partial charge >= 0.3 is 0 Å². The van der Waals surface area contributed by atoms with Crippen LogP contribution in [0.5, 0.6) is 0 Å². The predicted octanol–water partition coefficient (Wildman–Crippen LogP) is 2.14. The molecule has 0 aliphatic carbocycles. The van der Waals surface area contributed by atoms with E-state index in [9.17, 15) is 9.30 Å². The smallest absolute Gasteiger partial charge is 0.160 e. The lowest BCUT2D eigenvalue weighted by atomic mass is 10.3. The van der Waals surface area contributed by atoms with Crippen molar-refractivity contribution >= 4 is 11.6 Å². The molecule has 0 N–H and O–H groups in total. The van der Waals surface area contributed by atoms with Crippen molar-refractivity contribution in [2.45, 2.75) is 6.54 Å². The number of halogens is 2. The van der Waals surface area contributed by atoms with Gasteiger partial charge in [0.2, 0.25) is 0 Å². The van der Waals surface area contributed by atoms with E-state index in [0.717, 1.165) is 6.20 Å². The van der Waals surface area contributed by atoms with Crippen molar-refractivity contribution in [3.8, 4) is 0 Å². The molecular weight excluding hydrogens is 171 g/mol. The molecule has 0 bridgehead atoms. The van der Waals surface area contributed by atoms with Crippen molar-refractivity contribution in [3.63, 3.8) is 0 Å². The number of pyridine rings is 1. The minimum atomic E-state index is -0.632. The van der Waals surface area contributed by atoms with Gasteiger partial charge in [0.05, 0.1) is 11.2 Å². The Morgan fingerprint density at radius 3 is 3.00 bits per heavy atom. The molecule has 0 aliphatic rings. The zero-order chi connectivity index (χ0) is 8.27. The van der Waals surface area contributed by atoms with E-state index in [2.05, 4.69) is 10.2 Å². The second kappa shape index (κ2) is 3.39. The lowest BCUT2D eigenvalue weighted by Crippen LogP contribution is -1.88. The van der Waals surface area contributed by atoms with Crippen LogP contribution in [0.4, 0.5) is 4.39 Å². The van der Waals surface area contributed by atoms with Gasteiger partial charge in [-0.2, -0.15) is 4.91 Å². The summed E-state index contributed by atoms with van der Waals surface area (Å²) in [5.41, 5.74) is 0.307. The van der Waals surface area contributed by atoms with Gasteiger partial charge < -0.3 is 0 Å². The fourth-order valence-electron chi connectivity index (χ4n) is 0.639. The summed E-state index contributed by atoms with van der Waals surface area (Å²) in [5.74, 6) is -0.632. The topological polar surface area (TPSA) is 42.3 Å². The van der Waals surface area contributed by atoms with E-state index >= 15 is 0 Å². The zero-order valence-corrected chi connectivity index (χ0v) is 6.18. The Morgan fingerprint density at radius 1 is 1.64 bits per heavy atom. The molecule has 1 heterocycles. The Kier molecular flexibility index (Phi) is 2.48. The van der Waals surface area contributed by atoms with Crippen LogP contribution >= 0.6 is 11.6 Å². The molecule has 0 radical (unpaired) electrons. The monoisotopic (exact) mass is 174 g/mol. The molecular formula is C6H4ClFN2O. The van der Waals surface area contributed by atoms with Crippen molar-refractivity contribution in [1.82, 2.24) is 4.98 Å². The van der Waals surface area contributed by atoms with Gasteiger partial charge in [-0.25, -0.2) is 4.39 Å². The molecule has 0 amide bonds. The van der Waals surface area contributed by atoms with Crippen molar-refractivity contribution < 1.29 is 4.39 Å². The lowest BCUT2D eigenvalue weighted by Gasteiger charge is -1.97. The third-order valence-corrected chi connectivity index (χ3v) is 1.57. The van der Waals surface area contributed by atoms with E-state index < -0.39 is 5.82 Å². The number of nitroso groups, excluding NO2 is 1. The standard InChI is InChI=1S/C6H4ClFN2O/c7-6-4(2-10-11)1-9-3-5(6)8/h1,3H,2H2. The van der Waals surface area contributed by atoms with E-state index in [-0.39, 0.29) is 11.6 Å². The molecule has 11 heavy (non-hydrogen) atoms. The Labute approximate surface area is 67.2 Å². The molecule has 0 aliphatic heterocycles. The van der Waals surface area contributed by atoms with Gasteiger partial charge in [-0.3, -0.25) is 4.98 Å². The Morgan fingerprint density at radius 2 is 2.36 bits per heavy atom. The predicted molar refractivity (Wildman–Crippen MR) is 38.7 cm³/mol. The fraction of sp³-hybridized carbons (Fsp3) is 0.167. The first-order valence-corrected chi connectivity index (χ1v) is 3.20. The molecule has 0 saturated carbocycles. The first-order chi connectivity index (χ1) is 5.25. The van der Waals surface area contributed by atoms with Crippen LogP contribution in [0.1, 0.15) is 5.56 Å². The largest absolute Gasteiger partial charge is 0.261 e. The maximum Gasteiger partial charge on any atom is 0.160 e. The number of nitrogens with zero attached hydrogens (tertiary/aromatic N) is 2. The average molecular weight is 175 g/mol. The molecule has 1 aromatic rings. The van der Waals surface area contributed by atoms with Crippen LogP contribution in [0, 0.1) is 10.7 Å². The normalized spacial score (nSPS) is 9.64. The molecule has 0 fully saturated rings. The summed E-state index contributed by atoms with van der Waals surface area (Å²) < 4.78 is 12.6. The minimum Gasteiger partial charge on any atom is -0.261 e. The molecule has 1 rings (SSSR count). The maximum atomic E-state index is 12.6. The van der Waals surface area contributed by atoms with Gasteiger partial charge in [0.1, 0.15) is 6.54 Å². The third-order valence-electron chi connectivity index (χ3n) is 1.14. The Balaban J connectivity index is 3.05. The molecule has 3 nitrogen and oxygen atoms in total. The van der Waals surface area contributed by atoms with Crippen LogP contribution in [0.15, 0.2) is 17.6 Å². The van der Waals surface area contributed by atoms with Gasteiger partial charge in [-0.05, 0) is 0 Å². The van der Waals surface area contributed by atoms with Crippen LogP contribution in [0.2, 0.25) is 5.02 Å². The van der Waals surface area contributed by atoms with Crippen LogP contribution in [-0.4, -0.2) is 4.98 Å². The van der Waals surface area contributed by atoms with Crippen LogP contribution in [0.3, 0.4) is 0 Å². The second-order valence-electron chi connectivity index (χ2n) is 1.88. The number of hydrogen-bond acceptors (Lipinski definition) is 3. The van der Waals surface area contributed by atoms with Gasteiger partial charge in [0.15, 0.2) is 5.82 Å². The highest BCUT2D eigenvalue weighted by molar-refractivity contribution is 6.31. The number of rotatable bonds is 2. The first kappa shape index (κ1) is 8.07. The molecule has 0 atom stereocenters. The highest BCUT2D eigenvalue weighted by Crippen LogP contribution is 2.18. The summed E-state index contributed by atoms with van der Waals surface area (Å²) in [6.45, 7) is -0.149. The molecule has 0 saturated heterocycles. The van der Waals surface area contributed by atoms with E-state index in [0.29, 0.717) is 5.56 Å². The van der Waals surface area contributed by atoms with Crippen molar-refractivity contribution in [3.05, 3.63) is 33.7 Å². The maximum absolute atomic E-state index is 12.6. The number of aromatic nitrogens is 1. The van der Waals surface area contributed by atoms with E-state index in [1.54, 1.807) is 0 Å². The summed E-state index contributed by atoms with van der Waals surface area (Å²) in [4.78, 5) is 13.3. The summed E-state index contributed by atoms with van der Waals surface area (Å²) >= 11 is 5.46. The van der Waals surface area contributed by atoms with Crippen molar-refractivity contribution in [1.29, 1.82) is 0 Å². The van der Waals surface area contributed by atoms with Crippen LogP contribution < -0.4 is 0 Å². The summed E-state index contributed by atoms with van der Waals surface area (Å²) in [6.07, 6.45) is 2.30. The Hall–Kier alpha value is -1.03. The molecule has 0 aromatic carbocycles. The number of hydrogen-bond donors (Lipinski definition) is 0. The van der Waals surface area contributed by atoms with Crippen molar-refractivity contribution in [2.24, 2.45) is 5.18 Å². The molecule has 0 spiro atoms. The Bertz CT molecular complexity index is 279. The molecule has 1 aromatic heterocycles. The first-order valence-electron chi connectivity index (χ1n) is 2.82. The highest BCUT2D eigenvalue weighted by atomic mass is 35.5. The third kappa shape index (κ3) is 1.71. The highest BCUT2D eigenvalue weighted by Gasteiger charge is 2.05. The summed E-state index contributed by atoms with van der Waals surface area (Å²) in [7, 11) is 0. The van der Waals surface area contributed by atoms with Crippen molar-refractivity contribution in [2.75, 3.05) is 0 Å². The van der Waals surface area contributed by atoms with E-state index in [1.807, 2.05) is 0 Å². The van der Waals surface area contributed by atoms with Crippen LogP contribution in [0.25, 0.3) is 0 Å². The summed E-state index contributed by atoms with van der Waals surface area (Å²) in [5, 5.41) is 2.48. The quantitative estimate of drug-likeness (QED) is 0.645. The SMILES string of the molecule is O=NCc1cncc(F)c1Cl. The van der Waals surface area contributed by atoms with E-state index in [1.165, 1.54) is 6.20 Å². The second-order valence-corrected chi connectivity index (χ2v) is 2.26. The molecule has 0 unspecified atom stereocenters. The minimum absolute atomic E-state index is 0.0837. The van der Waals surface area contributed by atoms with Gasteiger partial charge in [0, 0.05) is 11.8 Å². The van der Waals surface area contributed by atoms with Gasteiger partial charge in [-0.15, -0.1) is 0 Å². The molecule has 5 heteroatoms.